The van der Waals surface area contributed by atoms with E-state index < -0.39 is 0 Å². The summed E-state index contributed by atoms with van der Waals surface area (Å²) in [5.41, 5.74) is 9.36. The summed E-state index contributed by atoms with van der Waals surface area (Å²) in [7, 11) is 0. The van der Waals surface area contributed by atoms with Crippen LogP contribution in [0.1, 0.15) is 5.56 Å². The van der Waals surface area contributed by atoms with Gasteiger partial charge < -0.3 is 11.1 Å². The molecule has 0 unspecified atom stereocenters. The Morgan fingerprint density at radius 2 is 1.90 bits per heavy atom. The molecule has 0 saturated heterocycles. The highest BCUT2D eigenvalue weighted by Crippen LogP contribution is 2.34. The maximum atomic E-state index is 6.14. The van der Waals surface area contributed by atoms with Crippen LogP contribution in [0.15, 0.2) is 53.0 Å². The van der Waals surface area contributed by atoms with Crippen LogP contribution < -0.4 is 11.1 Å². The predicted octanol–water partition coefficient (Wildman–Crippen LogP) is 4.85. The first-order valence-corrected chi connectivity index (χ1v) is 7.64. The lowest BCUT2D eigenvalue weighted by atomic mass is 10.1. The molecule has 1 aromatic heterocycles. The second-order valence-corrected chi connectivity index (χ2v) is 5.97. The third-order valence-corrected chi connectivity index (χ3v) is 4.03. The number of nitrogen functional groups attached to an aromatic ring is 1. The van der Waals surface area contributed by atoms with E-state index in [4.69, 9.17) is 17.3 Å². The Labute approximate surface area is 136 Å². The molecule has 0 fully saturated rings. The molecule has 0 aliphatic carbocycles. The van der Waals surface area contributed by atoms with Gasteiger partial charge in [-0.1, -0.05) is 57.9 Å². The topological polar surface area (TPSA) is 50.9 Å². The summed E-state index contributed by atoms with van der Waals surface area (Å²) in [6.07, 6.45) is 0. The van der Waals surface area contributed by atoms with E-state index in [1.165, 1.54) is 5.56 Å². The first-order valence-electron chi connectivity index (χ1n) is 6.47. The van der Waals surface area contributed by atoms with E-state index in [1.54, 1.807) is 0 Å². The lowest BCUT2D eigenvalue weighted by Crippen LogP contribution is -2.04. The van der Waals surface area contributed by atoms with Crippen molar-refractivity contribution in [2.24, 2.45) is 0 Å². The van der Waals surface area contributed by atoms with Crippen molar-refractivity contribution >= 4 is 49.8 Å². The molecule has 0 saturated carbocycles. The maximum Gasteiger partial charge on any atom is 0.154 e. The Hall–Kier alpha value is -1.78. The molecule has 0 radical (unpaired) electrons. The number of halogens is 2. The molecule has 1 heterocycles. The Morgan fingerprint density at radius 1 is 1.14 bits per heavy atom. The minimum atomic E-state index is 0.316. The highest BCUT2D eigenvalue weighted by atomic mass is 79.9. The number of rotatable bonds is 3. The summed E-state index contributed by atoms with van der Waals surface area (Å²) in [5, 5.41) is 4.64. The van der Waals surface area contributed by atoms with Crippen LogP contribution in [0.2, 0.25) is 5.15 Å². The number of pyridine rings is 1. The highest BCUT2D eigenvalue weighted by molar-refractivity contribution is 9.10. The molecule has 3 rings (SSSR count). The van der Waals surface area contributed by atoms with E-state index in [1.807, 2.05) is 36.4 Å². The van der Waals surface area contributed by atoms with E-state index >= 15 is 0 Å². The largest absolute Gasteiger partial charge is 0.395 e. The van der Waals surface area contributed by atoms with Crippen molar-refractivity contribution in [3.8, 4) is 0 Å². The summed E-state index contributed by atoms with van der Waals surface area (Å²) in [4.78, 5) is 4.32. The fourth-order valence-corrected chi connectivity index (χ4v) is 2.73. The average Bonchev–Trinajstić information content (AvgIpc) is 2.49. The molecule has 0 atom stereocenters. The third-order valence-electron chi connectivity index (χ3n) is 3.25. The number of nitrogens with one attached hydrogen (secondary N) is 1. The number of fused-ring (bicyclic) bond motifs is 1. The van der Waals surface area contributed by atoms with Crippen molar-refractivity contribution in [2.75, 3.05) is 11.1 Å². The summed E-state index contributed by atoms with van der Waals surface area (Å²) < 4.78 is 0.956. The zero-order chi connectivity index (χ0) is 14.8. The monoisotopic (exact) mass is 361 g/mol. The van der Waals surface area contributed by atoms with Gasteiger partial charge in [-0.2, -0.15) is 0 Å². The molecule has 0 amide bonds. The molecule has 0 aliphatic rings. The number of anilines is 2. The standard InChI is InChI=1S/C16H13BrClN3/c17-11-6-7-12-13(8-11)21-16(18)14(19)15(12)20-9-10-4-2-1-3-5-10/h1-8H,9,19H2,(H,20,21). The number of hydrogen-bond acceptors (Lipinski definition) is 3. The van der Waals surface area contributed by atoms with Crippen LogP contribution in [0.3, 0.4) is 0 Å². The predicted molar refractivity (Wildman–Crippen MR) is 92.6 cm³/mol. The number of nitrogens with two attached hydrogens (primary N) is 1. The van der Waals surface area contributed by atoms with Crippen molar-refractivity contribution in [2.45, 2.75) is 6.54 Å². The van der Waals surface area contributed by atoms with Gasteiger partial charge in [0.2, 0.25) is 0 Å². The molecule has 3 nitrogen and oxygen atoms in total. The smallest absolute Gasteiger partial charge is 0.154 e. The Balaban J connectivity index is 2.02. The SMILES string of the molecule is Nc1c(Cl)nc2cc(Br)ccc2c1NCc1ccccc1. The first kappa shape index (κ1) is 14.2. The van der Waals surface area contributed by atoms with Gasteiger partial charge in [-0.3, -0.25) is 0 Å². The van der Waals surface area contributed by atoms with E-state index in [9.17, 15) is 0 Å². The average molecular weight is 363 g/mol. The Morgan fingerprint density at radius 3 is 2.67 bits per heavy atom. The molecule has 0 spiro atoms. The van der Waals surface area contributed by atoms with Crippen molar-refractivity contribution < 1.29 is 0 Å². The van der Waals surface area contributed by atoms with Crippen LogP contribution in [0, 0.1) is 0 Å². The Bertz CT molecular complexity index is 790. The quantitative estimate of drug-likeness (QED) is 0.655. The molecule has 3 aromatic rings. The summed E-state index contributed by atoms with van der Waals surface area (Å²) in [6, 6.07) is 16.0. The normalized spacial score (nSPS) is 10.8. The highest BCUT2D eigenvalue weighted by Gasteiger charge is 2.11. The van der Waals surface area contributed by atoms with Gasteiger partial charge in [0.1, 0.15) is 0 Å². The molecule has 2 aromatic carbocycles. The van der Waals surface area contributed by atoms with Crippen LogP contribution in [-0.2, 0) is 6.54 Å². The maximum absolute atomic E-state index is 6.14. The number of hydrogen-bond donors (Lipinski definition) is 2. The fourth-order valence-electron chi connectivity index (χ4n) is 2.20. The minimum Gasteiger partial charge on any atom is -0.395 e. The van der Waals surface area contributed by atoms with Crippen molar-refractivity contribution in [3.05, 3.63) is 63.7 Å². The third kappa shape index (κ3) is 2.96. The van der Waals surface area contributed by atoms with Crippen molar-refractivity contribution in [1.29, 1.82) is 0 Å². The molecule has 106 valence electrons. The molecule has 21 heavy (non-hydrogen) atoms. The van der Waals surface area contributed by atoms with Gasteiger partial charge in [-0.25, -0.2) is 4.98 Å². The second-order valence-electron chi connectivity index (χ2n) is 4.69. The molecular weight excluding hydrogens is 350 g/mol. The van der Waals surface area contributed by atoms with Crippen LogP contribution in [0.25, 0.3) is 10.9 Å². The van der Waals surface area contributed by atoms with Gasteiger partial charge in [0.25, 0.3) is 0 Å². The van der Waals surface area contributed by atoms with Gasteiger partial charge in [-0.15, -0.1) is 0 Å². The van der Waals surface area contributed by atoms with E-state index in [2.05, 4.69) is 38.4 Å². The van der Waals surface area contributed by atoms with Gasteiger partial charge >= 0.3 is 0 Å². The van der Waals surface area contributed by atoms with Crippen LogP contribution >= 0.6 is 27.5 Å². The summed E-state index contributed by atoms with van der Waals surface area (Å²) >= 11 is 9.58. The lowest BCUT2D eigenvalue weighted by Gasteiger charge is -2.14. The molecular formula is C16H13BrClN3. The van der Waals surface area contributed by atoms with Gasteiger partial charge in [0.05, 0.1) is 16.9 Å². The van der Waals surface area contributed by atoms with E-state index in [0.29, 0.717) is 17.4 Å². The molecule has 3 N–H and O–H groups in total. The van der Waals surface area contributed by atoms with Crippen molar-refractivity contribution in [1.82, 2.24) is 4.98 Å². The van der Waals surface area contributed by atoms with Gasteiger partial charge in [-0.05, 0) is 23.8 Å². The van der Waals surface area contributed by atoms with Gasteiger partial charge in [0.15, 0.2) is 5.15 Å². The van der Waals surface area contributed by atoms with E-state index in [0.717, 1.165) is 21.1 Å². The number of aromatic nitrogens is 1. The van der Waals surface area contributed by atoms with E-state index in [-0.39, 0.29) is 0 Å². The zero-order valence-corrected chi connectivity index (χ0v) is 13.4. The molecule has 0 aliphatic heterocycles. The summed E-state index contributed by atoms with van der Waals surface area (Å²) in [5.74, 6) is 0. The second kappa shape index (κ2) is 5.92. The van der Waals surface area contributed by atoms with Crippen molar-refractivity contribution in [3.63, 3.8) is 0 Å². The molecule has 0 bridgehead atoms. The van der Waals surface area contributed by atoms with Crippen LogP contribution in [0.4, 0.5) is 11.4 Å². The Kier molecular flexibility index (Phi) is 3.99. The lowest BCUT2D eigenvalue weighted by molar-refractivity contribution is 1.15. The molecule has 5 heteroatoms. The fraction of sp³-hybridized carbons (Fsp3) is 0.0625. The van der Waals surface area contributed by atoms with Gasteiger partial charge in [0, 0.05) is 16.4 Å². The first-order chi connectivity index (χ1) is 10.1. The van der Waals surface area contributed by atoms with Crippen LogP contribution in [-0.4, -0.2) is 4.98 Å². The zero-order valence-electron chi connectivity index (χ0n) is 11.1. The number of benzene rings is 2. The number of nitrogens with zero attached hydrogens (tertiary/aromatic N) is 1. The van der Waals surface area contributed by atoms with Crippen LogP contribution in [0.5, 0.6) is 0 Å². The summed E-state index contributed by atoms with van der Waals surface area (Å²) in [6.45, 7) is 0.677. The minimum absolute atomic E-state index is 0.316.